The van der Waals surface area contributed by atoms with Gasteiger partial charge in [-0.3, -0.25) is 0 Å². The average Bonchev–Trinajstić information content (AvgIpc) is 2.11. The SMILES string of the molecule is C=CC(C)CO[Si](C)(C)CCCC. The van der Waals surface area contributed by atoms with Crippen molar-refractivity contribution in [3.05, 3.63) is 12.7 Å². The Morgan fingerprint density at radius 3 is 2.54 bits per heavy atom. The van der Waals surface area contributed by atoms with E-state index < -0.39 is 8.32 Å². The molecule has 0 N–H and O–H groups in total. The maximum absolute atomic E-state index is 5.95. The molecule has 0 fully saturated rings. The Morgan fingerprint density at radius 1 is 1.46 bits per heavy atom. The first kappa shape index (κ1) is 12.9. The fraction of sp³-hybridized carbons (Fsp3) is 0.818. The Labute approximate surface area is 84.3 Å². The Balaban J connectivity index is 3.67. The molecule has 0 heterocycles. The van der Waals surface area contributed by atoms with Crippen LogP contribution < -0.4 is 0 Å². The first-order chi connectivity index (χ1) is 6.02. The van der Waals surface area contributed by atoms with Crippen LogP contribution in [0.2, 0.25) is 19.1 Å². The minimum absolute atomic E-state index is 0.494. The van der Waals surface area contributed by atoms with Crippen LogP contribution >= 0.6 is 0 Å². The number of hydrogen-bond donors (Lipinski definition) is 0. The molecule has 0 aromatic rings. The van der Waals surface area contributed by atoms with Crippen molar-refractivity contribution in [3.63, 3.8) is 0 Å². The molecule has 1 nitrogen and oxygen atoms in total. The summed E-state index contributed by atoms with van der Waals surface area (Å²) in [5.74, 6) is 0.494. The van der Waals surface area contributed by atoms with Gasteiger partial charge in [-0.15, -0.1) is 6.58 Å². The summed E-state index contributed by atoms with van der Waals surface area (Å²) in [5.41, 5.74) is 0. The van der Waals surface area contributed by atoms with Crippen LogP contribution in [-0.2, 0) is 4.43 Å². The summed E-state index contributed by atoms with van der Waals surface area (Å²) in [7, 11) is -1.35. The molecule has 0 radical (unpaired) electrons. The van der Waals surface area contributed by atoms with Crippen LogP contribution in [0.3, 0.4) is 0 Å². The molecule has 0 saturated carbocycles. The summed E-state index contributed by atoms with van der Waals surface area (Å²) in [5, 5.41) is 0. The Kier molecular flexibility index (Phi) is 6.34. The van der Waals surface area contributed by atoms with Gasteiger partial charge in [0.1, 0.15) is 0 Å². The van der Waals surface area contributed by atoms with Gasteiger partial charge < -0.3 is 4.43 Å². The zero-order chi connectivity index (χ0) is 10.3. The van der Waals surface area contributed by atoms with Gasteiger partial charge in [-0.1, -0.05) is 32.8 Å². The molecule has 1 atom stereocenters. The second-order valence-electron chi connectivity index (χ2n) is 4.39. The van der Waals surface area contributed by atoms with E-state index in [1.165, 1.54) is 18.9 Å². The van der Waals surface area contributed by atoms with Crippen molar-refractivity contribution in [1.29, 1.82) is 0 Å². The van der Waals surface area contributed by atoms with Gasteiger partial charge in [-0.05, 0) is 25.1 Å². The van der Waals surface area contributed by atoms with E-state index in [-0.39, 0.29) is 0 Å². The van der Waals surface area contributed by atoms with E-state index in [0.717, 1.165) is 6.61 Å². The Morgan fingerprint density at radius 2 is 2.08 bits per heavy atom. The van der Waals surface area contributed by atoms with Crippen molar-refractivity contribution in [2.45, 2.75) is 45.8 Å². The first-order valence-corrected chi connectivity index (χ1v) is 8.40. The van der Waals surface area contributed by atoms with Crippen molar-refractivity contribution in [2.75, 3.05) is 6.61 Å². The molecule has 0 saturated heterocycles. The first-order valence-electron chi connectivity index (χ1n) is 5.28. The number of unbranched alkanes of at least 4 members (excludes halogenated alkanes) is 1. The third kappa shape index (κ3) is 7.02. The summed E-state index contributed by atoms with van der Waals surface area (Å²) in [6.45, 7) is 13.6. The zero-order valence-corrected chi connectivity index (χ0v) is 10.6. The van der Waals surface area contributed by atoms with E-state index in [2.05, 4.69) is 33.5 Å². The standard InChI is InChI=1S/C11H24OSi/c1-6-8-9-13(4,5)12-10-11(3)7-2/h7,11H,2,6,8-10H2,1,3-5H3. The zero-order valence-electron chi connectivity index (χ0n) is 9.60. The smallest absolute Gasteiger partial charge is 0.186 e. The lowest BCUT2D eigenvalue weighted by atomic mass is 10.2. The highest BCUT2D eigenvalue weighted by atomic mass is 28.4. The molecule has 2 heteroatoms. The van der Waals surface area contributed by atoms with Gasteiger partial charge in [-0.25, -0.2) is 0 Å². The van der Waals surface area contributed by atoms with Crippen LogP contribution in [0.1, 0.15) is 26.7 Å². The molecule has 1 unspecified atom stereocenters. The number of hydrogen-bond acceptors (Lipinski definition) is 1. The van der Waals surface area contributed by atoms with Crippen molar-refractivity contribution in [2.24, 2.45) is 5.92 Å². The van der Waals surface area contributed by atoms with Gasteiger partial charge in [0.15, 0.2) is 8.32 Å². The highest BCUT2D eigenvalue weighted by Crippen LogP contribution is 2.16. The summed E-state index contributed by atoms with van der Waals surface area (Å²) < 4.78 is 5.95. The fourth-order valence-electron chi connectivity index (χ4n) is 1.10. The second kappa shape index (κ2) is 6.38. The van der Waals surface area contributed by atoms with Crippen molar-refractivity contribution < 1.29 is 4.43 Å². The molecule has 0 aromatic carbocycles. The molecule has 0 aliphatic carbocycles. The molecule has 0 bridgehead atoms. The van der Waals surface area contributed by atoms with E-state index in [0.29, 0.717) is 5.92 Å². The van der Waals surface area contributed by atoms with E-state index in [9.17, 15) is 0 Å². The second-order valence-corrected chi connectivity index (χ2v) is 8.70. The lowest BCUT2D eigenvalue weighted by molar-refractivity contribution is 0.274. The molecule has 0 amide bonds. The summed E-state index contributed by atoms with van der Waals surface area (Å²) in [6, 6.07) is 1.29. The summed E-state index contributed by atoms with van der Waals surface area (Å²) >= 11 is 0. The molecular weight excluding hydrogens is 176 g/mol. The predicted molar refractivity (Wildman–Crippen MR) is 62.5 cm³/mol. The van der Waals surface area contributed by atoms with Crippen LogP contribution in [0.4, 0.5) is 0 Å². The van der Waals surface area contributed by atoms with Gasteiger partial charge in [0.25, 0.3) is 0 Å². The monoisotopic (exact) mass is 200 g/mol. The minimum atomic E-state index is -1.35. The lowest BCUT2D eigenvalue weighted by Crippen LogP contribution is -2.31. The normalized spacial score (nSPS) is 14.2. The van der Waals surface area contributed by atoms with Crippen LogP contribution in [-0.4, -0.2) is 14.9 Å². The minimum Gasteiger partial charge on any atom is -0.417 e. The van der Waals surface area contributed by atoms with E-state index >= 15 is 0 Å². The summed E-state index contributed by atoms with van der Waals surface area (Å²) in [6.07, 6.45) is 4.54. The summed E-state index contributed by atoms with van der Waals surface area (Å²) in [4.78, 5) is 0. The Hall–Kier alpha value is -0.0831. The quantitative estimate of drug-likeness (QED) is 0.448. The van der Waals surface area contributed by atoms with Crippen LogP contribution in [0.15, 0.2) is 12.7 Å². The largest absolute Gasteiger partial charge is 0.417 e. The van der Waals surface area contributed by atoms with Crippen molar-refractivity contribution >= 4 is 8.32 Å². The lowest BCUT2D eigenvalue weighted by Gasteiger charge is -2.23. The van der Waals surface area contributed by atoms with Crippen LogP contribution in [0.25, 0.3) is 0 Å². The third-order valence-corrected chi connectivity index (χ3v) is 4.78. The van der Waals surface area contributed by atoms with Gasteiger partial charge >= 0.3 is 0 Å². The molecule has 78 valence electrons. The highest BCUT2D eigenvalue weighted by molar-refractivity contribution is 6.71. The van der Waals surface area contributed by atoms with E-state index in [4.69, 9.17) is 4.43 Å². The van der Waals surface area contributed by atoms with Gasteiger partial charge in [0.05, 0.1) is 0 Å². The van der Waals surface area contributed by atoms with Crippen LogP contribution in [0, 0.1) is 5.92 Å². The van der Waals surface area contributed by atoms with E-state index in [1.807, 2.05) is 6.08 Å². The Bertz CT molecular complexity index is 143. The maximum atomic E-state index is 5.95. The van der Waals surface area contributed by atoms with Crippen molar-refractivity contribution in [1.82, 2.24) is 0 Å². The van der Waals surface area contributed by atoms with Crippen molar-refractivity contribution in [3.8, 4) is 0 Å². The van der Waals surface area contributed by atoms with E-state index in [1.54, 1.807) is 0 Å². The molecule has 0 aliphatic heterocycles. The maximum Gasteiger partial charge on any atom is 0.186 e. The van der Waals surface area contributed by atoms with Gasteiger partial charge in [0, 0.05) is 6.61 Å². The topological polar surface area (TPSA) is 9.23 Å². The fourth-order valence-corrected chi connectivity index (χ4v) is 3.16. The van der Waals surface area contributed by atoms with Gasteiger partial charge in [0.2, 0.25) is 0 Å². The molecule has 13 heavy (non-hydrogen) atoms. The molecule has 0 aromatic heterocycles. The highest BCUT2D eigenvalue weighted by Gasteiger charge is 2.21. The third-order valence-electron chi connectivity index (χ3n) is 2.27. The molecule has 0 rings (SSSR count). The van der Waals surface area contributed by atoms with Gasteiger partial charge in [-0.2, -0.15) is 0 Å². The average molecular weight is 200 g/mol. The molecular formula is C11H24OSi. The molecule has 0 aliphatic rings. The molecule has 0 spiro atoms. The van der Waals surface area contributed by atoms with Crippen LogP contribution in [0.5, 0.6) is 0 Å². The number of rotatable bonds is 7. The predicted octanol–water partition coefficient (Wildman–Crippen LogP) is 3.83.